The molecule has 1 aliphatic heterocycles. The Morgan fingerprint density at radius 3 is 2.42 bits per heavy atom. The molecule has 5 nitrogen and oxygen atoms in total. The SMILES string of the molecule is COC(=O)N1CC(O[Si](C)(C)C(C)(C)C)CC1C#N. The van der Waals surface area contributed by atoms with Crippen LogP contribution in [0.1, 0.15) is 27.2 Å². The van der Waals surface area contributed by atoms with Crippen LogP contribution in [0, 0.1) is 11.3 Å². The van der Waals surface area contributed by atoms with Gasteiger partial charge in [0.1, 0.15) is 6.04 Å². The largest absolute Gasteiger partial charge is 0.453 e. The van der Waals surface area contributed by atoms with Gasteiger partial charge in [-0.1, -0.05) is 20.8 Å². The van der Waals surface area contributed by atoms with Crippen molar-refractivity contribution in [2.24, 2.45) is 0 Å². The second-order valence-electron chi connectivity index (χ2n) is 6.50. The number of ether oxygens (including phenoxy) is 1. The summed E-state index contributed by atoms with van der Waals surface area (Å²) in [4.78, 5) is 13.1. The van der Waals surface area contributed by atoms with E-state index in [0.29, 0.717) is 13.0 Å². The number of hydrogen-bond donors (Lipinski definition) is 0. The van der Waals surface area contributed by atoms with Gasteiger partial charge < -0.3 is 9.16 Å². The quantitative estimate of drug-likeness (QED) is 0.731. The molecule has 19 heavy (non-hydrogen) atoms. The third-order valence-corrected chi connectivity index (χ3v) is 8.62. The van der Waals surface area contributed by atoms with Gasteiger partial charge in [0.25, 0.3) is 0 Å². The van der Waals surface area contributed by atoms with Crippen molar-refractivity contribution in [2.75, 3.05) is 13.7 Å². The lowest BCUT2D eigenvalue weighted by atomic mass is 10.2. The first kappa shape index (κ1) is 16.0. The summed E-state index contributed by atoms with van der Waals surface area (Å²) in [6.45, 7) is 11.3. The Morgan fingerprint density at radius 2 is 2.00 bits per heavy atom. The van der Waals surface area contributed by atoms with E-state index in [-0.39, 0.29) is 11.1 Å². The van der Waals surface area contributed by atoms with Crippen LogP contribution in [-0.4, -0.2) is 45.1 Å². The Labute approximate surface area is 116 Å². The van der Waals surface area contributed by atoms with E-state index in [0.717, 1.165) is 0 Å². The van der Waals surface area contributed by atoms with Crippen LogP contribution in [-0.2, 0) is 9.16 Å². The average molecular weight is 284 g/mol. The molecule has 1 heterocycles. The van der Waals surface area contributed by atoms with Crippen LogP contribution >= 0.6 is 0 Å². The van der Waals surface area contributed by atoms with Crippen molar-refractivity contribution < 1.29 is 14.0 Å². The molecule has 1 saturated heterocycles. The van der Waals surface area contributed by atoms with Crippen molar-refractivity contribution in [2.45, 2.75) is 57.5 Å². The molecule has 1 aliphatic rings. The highest BCUT2D eigenvalue weighted by Crippen LogP contribution is 2.38. The molecular weight excluding hydrogens is 260 g/mol. The van der Waals surface area contributed by atoms with Crippen LogP contribution in [0.2, 0.25) is 18.1 Å². The van der Waals surface area contributed by atoms with Gasteiger partial charge in [0.05, 0.1) is 25.8 Å². The predicted molar refractivity (Wildman–Crippen MR) is 75.2 cm³/mol. The molecule has 0 aromatic carbocycles. The summed E-state index contributed by atoms with van der Waals surface area (Å²) in [5, 5.41) is 9.23. The highest BCUT2D eigenvalue weighted by atomic mass is 28.4. The second kappa shape index (κ2) is 5.51. The van der Waals surface area contributed by atoms with Crippen LogP contribution < -0.4 is 0 Å². The molecule has 0 aliphatic carbocycles. The number of hydrogen-bond acceptors (Lipinski definition) is 4. The van der Waals surface area contributed by atoms with Crippen molar-refractivity contribution in [3.8, 4) is 6.07 Å². The predicted octanol–water partition coefficient (Wildman–Crippen LogP) is 2.74. The number of amides is 1. The van der Waals surface area contributed by atoms with E-state index in [4.69, 9.17) is 14.4 Å². The van der Waals surface area contributed by atoms with E-state index < -0.39 is 20.5 Å². The number of rotatable bonds is 2. The summed E-state index contributed by atoms with van der Waals surface area (Å²) in [5.74, 6) is 0. The molecule has 2 atom stereocenters. The van der Waals surface area contributed by atoms with Crippen molar-refractivity contribution in [3.05, 3.63) is 0 Å². The molecule has 1 rings (SSSR count). The molecule has 0 aromatic rings. The van der Waals surface area contributed by atoms with Crippen LogP contribution in [0.25, 0.3) is 0 Å². The normalized spacial score (nSPS) is 24.2. The number of likely N-dealkylation sites (tertiary alicyclic amines) is 1. The van der Waals surface area contributed by atoms with Crippen molar-refractivity contribution in [1.82, 2.24) is 4.90 Å². The van der Waals surface area contributed by atoms with Crippen molar-refractivity contribution >= 4 is 14.4 Å². The number of carbonyl (C=O) groups is 1. The van der Waals surface area contributed by atoms with E-state index in [2.05, 4.69) is 39.9 Å². The van der Waals surface area contributed by atoms with Gasteiger partial charge in [0.15, 0.2) is 8.32 Å². The summed E-state index contributed by atoms with van der Waals surface area (Å²) in [6.07, 6.45) is 0.0514. The lowest BCUT2D eigenvalue weighted by Crippen LogP contribution is -2.44. The Morgan fingerprint density at radius 1 is 1.42 bits per heavy atom. The van der Waals surface area contributed by atoms with Crippen LogP contribution in [0.3, 0.4) is 0 Å². The van der Waals surface area contributed by atoms with E-state index >= 15 is 0 Å². The van der Waals surface area contributed by atoms with Gasteiger partial charge in [-0.2, -0.15) is 5.26 Å². The minimum Gasteiger partial charge on any atom is -0.453 e. The summed E-state index contributed by atoms with van der Waals surface area (Å²) >= 11 is 0. The maximum absolute atomic E-state index is 11.6. The summed E-state index contributed by atoms with van der Waals surface area (Å²) in [7, 11) is -0.543. The zero-order valence-electron chi connectivity index (χ0n) is 12.7. The highest BCUT2D eigenvalue weighted by Gasteiger charge is 2.43. The first-order chi connectivity index (χ1) is 8.62. The maximum Gasteiger partial charge on any atom is 0.410 e. The smallest absolute Gasteiger partial charge is 0.410 e. The Balaban J connectivity index is 2.75. The molecule has 0 spiro atoms. The zero-order chi connectivity index (χ0) is 14.8. The second-order valence-corrected chi connectivity index (χ2v) is 11.3. The lowest BCUT2D eigenvalue weighted by Gasteiger charge is -2.38. The minimum absolute atomic E-state index is 0.0651. The van der Waals surface area contributed by atoms with Gasteiger partial charge in [-0.15, -0.1) is 0 Å². The Kier molecular flexibility index (Phi) is 4.64. The molecule has 6 heteroatoms. The average Bonchev–Trinajstić information content (AvgIpc) is 2.68. The van der Waals surface area contributed by atoms with E-state index in [1.54, 1.807) is 0 Å². The standard InChI is InChI=1S/C13H24N2O3Si/c1-13(2,3)19(5,6)18-11-7-10(8-14)15(9-11)12(16)17-4/h10-11H,7,9H2,1-6H3. The molecule has 1 amide bonds. The fourth-order valence-corrected chi connectivity index (χ4v) is 3.28. The molecule has 0 N–H and O–H groups in total. The molecule has 108 valence electrons. The Bertz CT molecular complexity index is 384. The van der Waals surface area contributed by atoms with Gasteiger partial charge in [0, 0.05) is 6.42 Å². The molecule has 1 fully saturated rings. The highest BCUT2D eigenvalue weighted by molar-refractivity contribution is 6.74. The summed E-state index contributed by atoms with van der Waals surface area (Å²) in [5.41, 5.74) is 0. The Hall–Kier alpha value is -1.06. The summed E-state index contributed by atoms with van der Waals surface area (Å²) < 4.78 is 11.0. The van der Waals surface area contributed by atoms with Crippen LogP contribution in [0.4, 0.5) is 4.79 Å². The van der Waals surface area contributed by atoms with Gasteiger partial charge in [-0.3, -0.25) is 4.90 Å². The number of carbonyl (C=O) groups excluding carboxylic acids is 1. The molecule has 0 bridgehead atoms. The topological polar surface area (TPSA) is 62.6 Å². The van der Waals surface area contributed by atoms with Crippen molar-refractivity contribution in [1.29, 1.82) is 5.26 Å². The summed E-state index contributed by atoms with van der Waals surface area (Å²) in [6, 6.07) is 1.70. The first-order valence-electron chi connectivity index (χ1n) is 6.54. The zero-order valence-corrected chi connectivity index (χ0v) is 13.7. The van der Waals surface area contributed by atoms with Gasteiger partial charge >= 0.3 is 6.09 Å². The van der Waals surface area contributed by atoms with Crippen LogP contribution in [0.15, 0.2) is 0 Å². The molecule has 0 aromatic heterocycles. The lowest BCUT2D eigenvalue weighted by molar-refractivity contribution is 0.118. The number of nitrogens with zero attached hydrogens (tertiary/aromatic N) is 2. The third kappa shape index (κ3) is 3.48. The van der Waals surface area contributed by atoms with Crippen LogP contribution in [0.5, 0.6) is 0 Å². The fourth-order valence-electron chi connectivity index (χ4n) is 1.92. The van der Waals surface area contributed by atoms with Gasteiger partial charge in [-0.25, -0.2) is 4.79 Å². The van der Waals surface area contributed by atoms with E-state index in [9.17, 15) is 4.79 Å². The van der Waals surface area contributed by atoms with Gasteiger partial charge in [-0.05, 0) is 18.1 Å². The molecular formula is C13H24N2O3Si. The van der Waals surface area contributed by atoms with E-state index in [1.807, 2.05) is 0 Å². The van der Waals surface area contributed by atoms with Crippen molar-refractivity contribution in [3.63, 3.8) is 0 Å². The number of nitriles is 1. The van der Waals surface area contributed by atoms with Gasteiger partial charge in [0.2, 0.25) is 0 Å². The molecule has 2 unspecified atom stereocenters. The van der Waals surface area contributed by atoms with E-state index in [1.165, 1.54) is 12.0 Å². The monoisotopic (exact) mass is 284 g/mol. The minimum atomic E-state index is -1.88. The number of methoxy groups -OCH3 is 1. The maximum atomic E-state index is 11.6. The first-order valence-corrected chi connectivity index (χ1v) is 9.45. The fraction of sp³-hybridized carbons (Fsp3) is 0.846. The molecule has 0 radical (unpaired) electrons. The third-order valence-electron chi connectivity index (χ3n) is 4.09. The molecule has 0 saturated carbocycles.